The third-order valence-corrected chi connectivity index (χ3v) is 3.05. The number of nitriles is 1. The summed E-state index contributed by atoms with van der Waals surface area (Å²) in [5.74, 6) is 0. The highest BCUT2D eigenvalue weighted by Crippen LogP contribution is 2.34. The van der Waals surface area contributed by atoms with Crippen molar-refractivity contribution >= 4 is 26.4 Å². The number of anilines is 1. The second kappa shape index (κ2) is 2.75. The van der Waals surface area contributed by atoms with Crippen molar-refractivity contribution in [1.29, 1.82) is 5.26 Å². The lowest BCUT2D eigenvalue weighted by Crippen LogP contribution is -1.83. The van der Waals surface area contributed by atoms with Gasteiger partial charge in [0.15, 0.2) is 0 Å². The third kappa shape index (κ3) is 1.07. The summed E-state index contributed by atoms with van der Waals surface area (Å²) in [6, 6.07) is 8.11. The van der Waals surface area contributed by atoms with Gasteiger partial charge in [0.25, 0.3) is 0 Å². The van der Waals surface area contributed by atoms with Crippen LogP contribution in [0.15, 0.2) is 18.2 Å². The first-order valence-electron chi connectivity index (χ1n) is 3.91. The number of aryl methyl sites for hydroxylation is 1. The molecule has 0 fully saturated rings. The van der Waals surface area contributed by atoms with Crippen molar-refractivity contribution in [3.63, 3.8) is 0 Å². The van der Waals surface area contributed by atoms with Gasteiger partial charge in [0.05, 0.1) is 5.56 Å². The van der Waals surface area contributed by atoms with Crippen LogP contribution in [0.4, 0.5) is 5.00 Å². The number of thiophene rings is 1. The Labute approximate surface area is 80.2 Å². The standard InChI is InChI=1S/C10H8N2S/c1-6-3-2-4-8-9(6)7(5-11)10(12)13-8/h2-4H,12H2,1H3. The van der Waals surface area contributed by atoms with Crippen molar-refractivity contribution < 1.29 is 0 Å². The molecule has 0 amide bonds. The van der Waals surface area contributed by atoms with Gasteiger partial charge in [-0.2, -0.15) is 5.26 Å². The van der Waals surface area contributed by atoms with E-state index in [1.807, 2.05) is 25.1 Å². The molecule has 2 aromatic rings. The first-order valence-corrected chi connectivity index (χ1v) is 4.73. The van der Waals surface area contributed by atoms with Crippen molar-refractivity contribution in [3.8, 4) is 6.07 Å². The summed E-state index contributed by atoms with van der Waals surface area (Å²) in [7, 11) is 0. The van der Waals surface area contributed by atoms with Gasteiger partial charge in [-0.3, -0.25) is 0 Å². The maximum atomic E-state index is 8.91. The monoisotopic (exact) mass is 188 g/mol. The molecule has 0 saturated heterocycles. The van der Waals surface area contributed by atoms with Gasteiger partial charge in [-0.25, -0.2) is 0 Å². The van der Waals surface area contributed by atoms with Crippen LogP contribution in [0.5, 0.6) is 0 Å². The minimum Gasteiger partial charge on any atom is -0.389 e. The smallest absolute Gasteiger partial charge is 0.105 e. The molecule has 2 N–H and O–H groups in total. The Kier molecular flexibility index (Phi) is 1.71. The zero-order chi connectivity index (χ0) is 9.42. The highest BCUT2D eigenvalue weighted by atomic mass is 32.1. The van der Waals surface area contributed by atoms with Gasteiger partial charge in [0.2, 0.25) is 0 Å². The Hall–Kier alpha value is -1.53. The molecule has 13 heavy (non-hydrogen) atoms. The van der Waals surface area contributed by atoms with Crippen molar-refractivity contribution in [2.75, 3.05) is 5.73 Å². The lowest BCUT2D eigenvalue weighted by Gasteiger charge is -1.94. The summed E-state index contributed by atoms with van der Waals surface area (Å²) in [5, 5.41) is 10.5. The molecule has 0 saturated carbocycles. The number of benzene rings is 1. The summed E-state index contributed by atoms with van der Waals surface area (Å²) < 4.78 is 1.09. The number of hydrogen-bond acceptors (Lipinski definition) is 3. The van der Waals surface area contributed by atoms with E-state index >= 15 is 0 Å². The molecule has 1 heterocycles. The molecular formula is C10H8N2S. The molecule has 0 bridgehead atoms. The molecule has 0 aliphatic carbocycles. The molecule has 0 atom stereocenters. The van der Waals surface area contributed by atoms with Gasteiger partial charge in [-0.1, -0.05) is 12.1 Å². The van der Waals surface area contributed by atoms with Gasteiger partial charge < -0.3 is 5.73 Å². The molecule has 2 rings (SSSR count). The van der Waals surface area contributed by atoms with Crippen molar-refractivity contribution in [2.45, 2.75) is 6.92 Å². The van der Waals surface area contributed by atoms with E-state index in [4.69, 9.17) is 11.0 Å². The molecular weight excluding hydrogens is 180 g/mol. The predicted molar refractivity (Wildman–Crippen MR) is 55.7 cm³/mol. The van der Waals surface area contributed by atoms with Crippen LogP contribution in [0.3, 0.4) is 0 Å². The van der Waals surface area contributed by atoms with Crippen LogP contribution in [0.1, 0.15) is 11.1 Å². The highest BCUT2D eigenvalue weighted by molar-refractivity contribution is 7.23. The maximum absolute atomic E-state index is 8.91. The van der Waals surface area contributed by atoms with Crippen molar-refractivity contribution in [2.24, 2.45) is 0 Å². The molecule has 0 aliphatic rings. The van der Waals surface area contributed by atoms with Crippen LogP contribution in [-0.4, -0.2) is 0 Å². The quantitative estimate of drug-likeness (QED) is 0.691. The Morgan fingerprint density at radius 2 is 2.23 bits per heavy atom. The first kappa shape index (κ1) is 8.09. The predicted octanol–water partition coefficient (Wildman–Crippen LogP) is 2.66. The van der Waals surface area contributed by atoms with E-state index < -0.39 is 0 Å². The Morgan fingerprint density at radius 3 is 2.92 bits per heavy atom. The van der Waals surface area contributed by atoms with E-state index in [0.717, 1.165) is 15.6 Å². The van der Waals surface area contributed by atoms with Crippen molar-refractivity contribution in [1.82, 2.24) is 0 Å². The van der Waals surface area contributed by atoms with Crippen LogP contribution in [0.25, 0.3) is 10.1 Å². The molecule has 0 radical (unpaired) electrons. The number of nitrogen functional groups attached to an aromatic ring is 1. The second-order valence-electron chi connectivity index (χ2n) is 2.90. The number of hydrogen-bond donors (Lipinski definition) is 1. The van der Waals surface area contributed by atoms with Crippen LogP contribution >= 0.6 is 11.3 Å². The first-order chi connectivity index (χ1) is 6.24. The number of nitrogens with zero attached hydrogens (tertiary/aromatic N) is 1. The normalized spacial score (nSPS) is 10.2. The SMILES string of the molecule is Cc1cccc2sc(N)c(C#N)c12. The molecule has 3 heteroatoms. The van der Waals surface area contributed by atoms with E-state index in [9.17, 15) is 0 Å². The number of rotatable bonds is 0. The number of nitrogens with two attached hydrogens (primary N) is 1. The van der Waals surface area contributed by atoms with E-state index in [0.29, 0.717) is 10.6 Å². The van der Waals surface area contributed by atoms with E-state index in [1.54, 1.807) is 0 Å². The topological polar surface area (TPSA) is 49.8 Å². The van der Waals surface area contributed by atoms with Gasteiger partial charge in [0.1, 0.15) is 11.1 Å². The molecule has 1 aromatic heterocycles. The van der Waals surface area contributed by atoms with Crippen molar-refractivity contribution in [3.05, 3.63) is 29.3 Å². The Morgan fingerprint density at radius 1 is 1.46 bits per heavy atom. The van der Waals surface area contributed by atoms with Crippen LogP contribution in [0, 0.1) is 18.3 Å². The largest absolute Gasteiger partial charge is 0.389 e. The van der Waals surface area contributed by atoms with E-state index in [1.165, 1.54) is 11.3 Å². The summed E-state index contributed by atoms with van der Waals surface area (Å²) in [6.45, 7) is 2.00. The van der Waals surface area contributed by atoms with Gasteiger partial charge in [-0.15, -0.1) is 11.3 Å². The lowest BCUT2D eigenvalue weighted by atomic mass is 10.1. The molecule has 0 aliphatic heterocycles. The van der Waals surface area contributed by atoms with Crippen LogP contribution in [-0.2, 0) is 0 Å². The fourth-order valence-corrected chi connectivity index (χ4v) is 2.45. The lowest BCUT2D eigenvalue weighted by molar-refractivity contribution is 1.49. The molecule has 1 aromatic carbocycles. The zero-order valence-corrected chi connectivity index (χ0v) is 7.98. The van der Waals surface area contributed by atoms with Gasteiger partial charge in [0, 0.05) is 10.1 Å². The average Bonchev–Trinajstić information content (AvgIpc) is 2.42. The van der Waals surface area contributed by atoms with Crippen LogP contribution in [0.2, 0.25) is 0 Å². The summed E-state index contributed by atoms with van der Waals surface area (Å²) in [6.07, 6.45) is 0. The highest BCUT2D eigenvalue weighted by Gasteiger charge is 2.10. The fourth-order valence-electron chi connectivity index (χ4n) is 1.45. The molecule has 0 spiro atoms. The minimum atomic E-state index is 0.617. The Balaban J connectivity index is 2.99. The summed E-state index contributed by atoms with van der Waals surface area (Å²) in [5.41, 5.74) is 7.46. The molecule has 0 unspecified atom stereocenters. The van der Waals surface area contributed by atoms with E-state index in [-0.39, 0.29) is 0 Å². The fraction of sp³-hybridized carbons (Fsp3) is 0.100. The van der Waals surface area contributed by atoms with Gasteiger partial charge >= 0.3 is 0 Å². The van der Waals surface area contributed by atoms with Crippen LogP contribution < -0.4 is 5.73 Å². The average molecular weight is 188 g/mol. The second-order valence-corrected chi connectivity index (χ2v) is 3.98. The van der Waals surface area contributed by atoms with Gasteiger partial charge in [-0.05, 0) is 18.6 Å². The van der Waals surface area contributed by atoms with E-state index in [2.05, 4.69) is 6.07 Å². The zero-order valence-electron chi connectivity index (χ0n) is 7.16. The maximum Gasteiger partial charge on any atom is 0.105 e. The number of fused-ring (bicyclic) bond motifs is 1. The minimum absolute atomic E-state index is 0.617. The molecule has 2 nitrogen and oxygen atoms in total. The Bertz CT molecular complexity index is 505. The summed E-state index contributed by atoms with van der Waals surface area (Å²) >= 11 is 1.47. The molecule has 64 valence electrons. The summed E-state index contributed by atoms with van der Waals surface area (Å²) in [4.78, 5) is 0. The third-order valence-electron chi connectivity index (χ3n) is 2.06.